The minimum absolute atomic E-state index is 0.150. The van der Waals surface area contributed by atoms with Crippen LogP contribution in [0.4, 0.5) is 0 Å². The van der Waals surface area contributed by atoms with Crippen molar-refractivity contribution in [3.8, 4) is 16.9 Å². The van der Waals surface area contributed by atoms with Gasteiger partial charge in [-0.15, -0.1) is 0 Å². The van der Waals surface area contributed by atoms with Crippen molar-refractivity contribution >= 4 is 21.6 Å². The molecular formula is C24H25N3OS. The molecule has 0 aliphatic rings. The van der Waals surface area contributed by atoms with Gasteiger partial charge in [-0.1, -0.05) is 54.6 Å². The van der Waals surface area contributed by atoms with E-state index in [0.29, 0.717) is 6.54 Å². The highest BCUT2D eigenvalue weighted by Gasteiger charge is 2.16. The standard InChI is InChI=1S/C24H25N3OS/c1-28-20-12-10-19(11-13-20)18-8-6-17(7-9-18)16-26-22(14-15-25)24-21-4-2-3-5-23(21)29-27-24/h2-13,22,26H,14-16,25H2,1H3. The fraction of sp³-hybridized carbons (Fsp3) is 0.208. The maximum absolute atomic E-state index is 5.88. The second kappa shape index (κ2) is 9.18. The van der Waals surface area contributed by atoms with Crippen LogP contribution in [-0.2, 0) is 6.54 Å². The van der Waals surface area contributed by atoms with Gasteiger partial charge in [0.2, 0.25) is 0 Å². The van der Waals surface area contributed by atoms with E-state index in [2.05, 4.69) is 66.0 Å². The maximum atomic E-state index is 5.88. The molecule has 0 radical (unpaired) electrons. The first-order chi connectivity index (χ1) is 14.3. The molecule has 1 heterocycles. The predicted octanol–water partition coefficient (Wildman–Crippen LogP) is 5.15. The van der Waals surface area contributed by atoms with Gasteiger partial charge in [-0.05, 0) is 59.4 Å². The van der Waals surface area contributed by atoms with Gasteiger partial charge in [0.25, 0.3) is 0 Å². The van der Waals surface area contributed by atoms with Crippen molar-refractivity contribution in [2.75, 3.05) is 13.7 Å². The van der Waals surface area contributed by atoms with E-state index in [1.165, 1.54) is 26.8 Å². The number of fused-ring (bicyclic) bond motifs is 1. The number of aromatic nitrogens is 1. The van der Waals surface area contributed by atoms with E-state index in [-0.39, 0.29) is 6.04 Å². The smallest absolute Gasteiger partial charge is 0.118 e. The van der Waals surface area contributed by atoms with Crippen molar-refractivity contribution in [2.45, 2.75) is 19.0 Å². The largest absolute Gasteiger partial charge is 0.497 e. The molecule has 0 fully saturated rings. The van der Waals surface area contributed by atoms with E-state index in [1.54, 1.807) is 18.6 Å². The van der Waals surface area contributed by atoms with E-state index in [9.17, 15) is 0 Å². The highest BCUT2D eigenvalue weighted by atomic mass is 32.1. The van der Waals surface area contributed by atoms with Gasteiger partial charge in [-0.2, -0.15) is 4.37 Å². The minimum atomic E-state index is 0.150. The average Bonchev–Trinajstić information content (AvgIpc) is 3.21. The van der Waals surface area contributed by atoms with E-state index >= 15 is 0 Å². The molecule has 0 saturated heterocycles. The lowest BCUT2D eigenvalue weighted by Gasteiger charge is -2.17. The molecule has 0 aliphatic carbocycles. The molecule has 1 aromatic heterocycles. The Morgan fingerprint density at radius 2 is 1.66 bits per heavy atom. The number of ether oxygens (including phenoxy) is 1. The van der Waals surface area contributed by atoms with Crippen molar-refractivity contribution < 1.29 is 4.74 Å². The summed E-state index contributed by atoms with van der Waals surface area (Å²) in [6.45, 7) is 1.40. The van der Waals surface area contributed by atoms with E-state index in [1.807, 2.05) is 12.1 Å². The molecule has 4 aromatic rings. The highest BCUT2D eigenvalue weighted by Crippen LogP contribution is 2.29. The van der Waals surface area contributed by atoms with Gasteiger partial charge in [0.05, 0.1) is 23.5 Å². The van der Waals surface area contributed by atoms with Crippen LogP contribution >= 0.6 is 11.5 Å². The van der Waals surface area contributed by atoms with Crippen molar-refractivity contribution in [1.82, 2.24) is 9.69 Å². The molecule has 3 aromatic carbocycles. The summed E-state index contributed by atoms with van der Waals surface area (Å²) in [6.07, 6.45) is 0.859. The molecule has 29 heavy (non-hydrogen) atoms. The normalized spacial score (nSPS) is 12.2. The third-order valence-electron chi connectivity index (χ3n) is 5.12. The lowest BCUT2D eigenvalue weighted by molar-refractivity contribution is 0.415. The summed E-state index contributed by atoms with van der Waals surface area (Å²) in [4.78, 5) is 0. The molecule has 0 aliphatic heterocycles. The molecule has 3 N–H and O–H groups in total. The molecule has 4 nitrogen and oxygen atoms in total. The van der Waals surface area contributed by atoms with Crippen LogP contribution in [0.25, 0.3) is 21.2 Å². The number of methoxy groups -OCH3 is 1. The first kappa shape index (κ1) is 19.6. The van der Waals surface area contributed by atoms with Crippen LogP contribution in [0.1, 0.15) is 23.7 Å². The van der Waals surface area contributed by atoms with Gasteiger partial charge in [-0.25, -0.2) is 0 Å². The number of nitrogens with one attached hydrogen (secondary N) is 1. The molecule has 148 valence electrons. The zero-order valence-electron chi connectivity index (χ0n) is 16.5. The van der Waals surface area contributed by atoms with E-state index < -0.39 is 0 Å². The Morgan fingerprint density at radius 1 is 0.966 bits per heavy atom. The summed E-state index contributed by atoms with van der Waals surface area (Å²) in [5.74, 6) is 0.870. The average molecular weight is 404 g/mol. The SMILES string of the molecule is COc1ccc(-c2ccc(CNC(CCN)c3nsc4ccccc34)cc2)cc1. The molecule has 1 atom stereocenters. The topological polar surface area (TPSA) is 60.2 Å². The number of benzene rings is 3. The minimum Gasteiger partial charge on any atom is -0.497 e. The Hall–Kier alpha value is -2.73. The van der Waals surface area contributed by atoms with Crippen LogP contribution in [0.2, 0.25) is 0 Å². The second-order valence-corrected chi connectivity index (χ2v) is 7.81. The van der Waals surface area contributed by atoms with Crippen LogP contribution in [0.5, 0.6) is 5.75 Å². The van der Waals surface area contributed by atoms with Crippen LogP contribution < -0.4 is 15.8 Å². The lowest BCUT2D eigenvalue weighted by atomic mass is 10.0. The Labute approximate surface area is 175 Å². The van der Waals surface area contributed by atoms with E-state index in [4.69, 9.17) is 14.8 Å². The van der Waals surface area contributed by atoms with E-state index in [0.717, 1.165) is 24.4 Å². The second-order valence-electron chi connectivity index (χ2n) is 7.00. The monoisotopic (exact) mass is 403 g/mol. The number of rotatable bonds is 8. The molecule has 0 amide bonds. The third-order valence-corrected chi connectivity index (χ3v) is 5.96. The van der Waals surface area contributed by atoms with Gasteiger partial charge >= 0.3 is 0 Å². The Balaban J connectivity index is 1.46. The molecule has 0 spiro atoms. The van der Waals surface area contributed by atoms with Gasteiger partial charge in [0, 0.05) is 11.9 Å². The summed E-state index contributed by atoms with van der Waals surface area (Å²) >= 11 is 1.55. The first-order valence-electron chi connectivity index (χ1n) is 9.79. The zero-order chi connectivity index (χ0) is 20.1. The molecule has 5 heteroatoms. The van der Waals surface area contributed by atoms with Crippen LogP contribution in [0.15, 0.2) is 72.8 Å². The zero-order valence-corrected chi connectivity index (χ0v) is 17.3. The fourth-order valence-electron chi connectivity index (χ4n) is 3.50. The Morgan fingerprint density at radius 3 is 2.34 bits per heavy atom. The van der Waals surface area contributed by atoms with Crippen molar-refractivity contribution in [3.05, 3.63) is 84.1 Å². The number of nitrogens with zero attached hydrogens (tertiary/aromatic N) is 1. The van der Waals surface area contributed by atoms with Crippen molar-refractivity contribution in [1.29, 1.82) is 0 Å². The summed E-state index contributed by atoms with van der Waals surface area (Å²) < 4.78 is 11.2. The number of hydrogen-bond donors (Lipinski definition) is 2. The van der Waals surface area contributed by atoms with Crippen LogP contribution in [-0.4, -0.2) is 18.0 Å². The Bertz CT molecular complexity index is 1060. The van der Waals surface area contributed by atoms with Crippen LogP contribution in [0, 0.1) is 0 Å². The molecule has 0 bridgehead atoms. The Kier molecular flexibility index (Phi) is 6.20. The van der Waals surface area contributed by atoms with Gasteiger partial charge in [0.15, 0.2) is 0 Å². The predicted molar refractivity (Wildman–Crippen MR) is 121 cm³/mol. The molecule has 4 rings (SSSR count). The molecular weight excluding hydrogens is 378 g/mol. The highest BCUT2D eigenvalue weighted by molar-refractivity contribution is 7.13. The van der Waals surface area contributed by atoms with Crippen molar-refractivity contribution in [3.63, 3.8) is 0 Å². The summed E-state index contributed by atoms with van der Waals surface area (Å²) in [7, 11) is 1.68. The number of hydrogen-bond acceptors (Lipinski definition) is 5. The summed E-state index contributed by atoms with van der Waals surface area (Å²) in [5, 5.41) is 4.87. The molecule has 1 unspecified atom stereocenters. The fourth-order valence-corrected chi connectivity index (χ4v) is 4.33. The van der Waals surface area contributed by atoms with Crippen LogP contribution in [0.3, 0.4) is 0 Å². The van der Waals surface area contributed by atoms with Gasteiger partial charge in [0.1, 0.15) is 5.75 Å². The van der Waals surface area contributed by atoms with Gasteiger partial charge in [-0.3, -0.25) is 0 Å². The summed E-state index contributed by atoms with van der Waals surface area (Å²) in [5.41, 5.74) is 10.6. The van der Waals surface area contributed by atoms with Crippen molar-refractivity contribution in [2.24, 2.45) is 5.73 Å². The quantitative estimate of drug-likeness (QED) is 0.427. The van der Waals surface area contributed by atoms with Gasteiger partial charge < -0.3 is 15.8 Å². The third kappa shape index (κ3) is 4.48. The lowest BCUT2D eigenvalue weighted by Crippen LogP contribution is -2.24. The molecule has 0 saturated carbocycles. The number of nitrogens with two attached hydrogens (primary N) is 1. The first-order valence-corrected chi connectivity index (χ1v) is 10.6. The summed E-state index contributed by atoms with van der Waals surface area (Å²) in [6, 6.07) is 25.3. The maximum Gasteiger partial charge on any atom is 0.118 e.